The first kappa shape index (κ1) is 22.0. The van der Waals surface area contributed by atoms with Gasteiger partial charge in [-0.1, -0.05) is 6.07 Å². The van der Waals surface area contributed by atoms with Crippen LogP contribution in [0.2, 0.25) is 0 Å². The van der Waals surface area contributed by atoms with E-state index in [1.807, 2.05) is 4.90 Å². The van der Waals surface area contributed by atoms with Gasteiger partial charge < -0.3 is 10.2 Å². The van der Waals surface area contributed by atoms with Crippen LogP contribution in [-0.4, -0.2) is 32.4 Å². The Morgan fingerprint density at radius 3 is 2.40 bits per heavy atom. The Balaban J connectivity index is 1.62. The lowest BCUT2D eigenvalue weighted by molar-refractivity contribution is -0.137. The van der Waals surface area contributed by atoms with E-state index in [1.54, 1.807) is 13.0 Å². The Morgan fingerprint density at radius 1 is 1.20 bits per heavy atom. The van der Waals surface area contributed by atoms with Crippen LogP contribution in [0.3, 0.4) is 0 Å². The number of nitrogens with one attached hydrogen (secondary N) is 1. The second-order valence-electron chi connectivity index (χ2n) is 7.18. The number of benzene rings is 1. The van der Waals surface area contributed by atoms with Crippen LogP contribution in [0.4, 0.5) is 24.7 Å². The third kappa shape index (κ3) is 5.08. The van der Waals surface area contributed by atoms with Crippen LogP contribution < -0.4 is 15.4 Å². The quantitative estimate of drug-likeness (QED) is 0.758. The number of sulfonamides is 1. The molecule has 0 spiro atoms. The monoisotopic (exact) mass is 442 g/mol. The molecule has 0 aliphatic carbocycles. The van der Waals surface area contributed by atoms with E-state index in [1.165, 1.54) is 18.2 Å². The van der Waals surface area contributed by atoms with Crippen molar-refractivity contribution in [2.45, 2.75) is 30.8 Å². The number of nitrogens with two attached hydrogens (primary N) is 1. The fourth-order valence-corrected chi connectivity index (χ4v) is 3.80. The number of aryl methyl sites for hydroxylation is 1. The van der Waals surface area contributed by atoms with E-state index in [4.69, 9.17) is 5.14 Å². The number of aromatic nitrogens is 1. The third-order valence-electron chi connectivity index (χ3n) is 5.06. The zero-order chi connectivity index (χ0) is 22.1. The van der Waals surface area contributed by atoms with Crippen LogP contribution >= 0.6 is 0 Å². The van der Waals surface area contributed by atoms with Gasteiger partial charge in [-0.05, 0) is 49.6 Å². The highest BCUT2D eigenvalue weighted by atomic mass is 32.2. The number of amides is 1. The van der Waals surface area contributed by atoms with Gasteiger partial charge in [-0.3, -0.25) is 4.79 Å². The molecule has 0 radical (unpaired) electrons. The summed E-state index contributed by atoms with van der Waals surface area (Å²) < 4.78 is 61.0. The van der Waals surface area contributed by atoms with Gasteiger partial charge in [-0.15, -0.1) is 0 Å². The summed E-state index contributed by atoms with van der Waals surface area (Å²) in [5.74, 6) is -0.128. The molecule has 0 bridgehead atoms. The van der Waals surface area contributed by atoms with Crippen molar-refractivity contribution in [2.75, 3.05) is 23.3 Å². The Bertz CT molecular complexity index is 1030. The van der Waals surface area contributed by atoms with Crippen LogP contribution in [-0.2, 0) is 21.0 Å². The number of rotatable bonds is 4. The number of nitrogens with zero attached hydrogens (tertiary/aromatic N) is 2. The SMILES string of the molecule is Cc1ccc(S(N)(=O)=O)cc1NC(=O)C1CCN(c2ccc(C(F)(F)F)cn2)CC1. The van der Waals surface area contributed by atoms with Gasteiger partial charge in [-0.25, -0.2) is 18.5 Å². The van der Waals surface area contributed by atoms with E-state index in [-0.39, 0.29) is 16.7 Å². The van der Waals surface area contributed by atoms with Gasteiger partial charge in [0.15, 0.2) is 0 Å². The van der Waals surface area contributed by atoms with Crippen LogP contribution in [0.1, 0.15) is 24.0 Å². The topological polar surface area (TPSA) is 105 Å². The summed E-state index contributed by atoms with van der Waals surface area (Å²) in [5.41, 5.74) is 0.262. The third-order valence-corrected chi connectivity index (χ3v) is 5.97. The maximum atomic E-state index is 12.7. The highest BCUT2D eigenvalue weighted by Crippen LogP contribution is 2.30. The largest absolute Gasteiger partial charge is 0.417 e. The van der Waals surface area contributed by atoms with E-state index in [0.29, 0.717) is 43.0 Å². The maximum Gasteiger partial charge on any atom is 0.417 e. The van der Waals surface area contributed by atoms with Crippen molar-refractivity contribution < 1.29 is 26.4 Å². The fraction of sp³-hybridized carbons (Fsp3) is 0.368. The second kappa shape index (κ2) is 8.23. The number of pyridine rings is 1. The molecular weight excluding hydrogens is 421 g/mol. The van der Waals surface area contributed by atoms with Gasteiger partial charge in [0.2, 0.25) is 15.9 Å². The number of hydrogen-bond donors (Lipinski definition) is 2. The molecule has 7 nitrogen and oxygen atoms in total. The molecule has 1 aromatic heterocycles. The van der Waals surface area contributed by atoms with Crippen LogP contribution in [0, 0.1) is 12.8 Å². The number of anilines is 2. The number of hydrogen-bond acceptors (Lipinski definition) is 5. The molecular formula is C19H21F3N4O3S. The number of primary sulfonamides is 1. The van der Waals surface area contributed by atoms with Gasteiger partial charge in [0, 0.05) is 30.9 Å². The minimum Gasteiger partial charge on any atom is -0.357 e. The molecule has 1 aliphatic rings. The van der Waals surface area contributed by atoms with Crippen molar-refractivity contribution >= 4 is 27.4 Å². The molecule has 30 heavy (non-hydrogen) atoms. The molecule has 1 fully saturated rings. The number of halogens is 3. The van der Waals surface area contributed by atoms with Gasteiger partial charge >= 0.3 is 6.18 Å². The van der Waals surface area contributed by atoms with Gasteiger partial charge in [0.25, 0.3) is 0 Å². The Morgan fingerprint density at radius 2 is 1.87 bits per heavy atom. The molecule has 2 aromatic rings. The summed E-state index contributed by atoms with van der Waals surface area (Å²) in [6.07, 6.45) is -2.66. The lowest BCUT2D eigenvalue weighted by Crippen LogP contribution is -2.38. The van der Waals surface area contributed by atoms with Crippen molar-refractivity contribution in [1.29, 1.82) is 0 Å². The molecule has 11 heteroatoms. The van der Waals surface area contributed by atoms with E-state index in [0.717, 1.165) is 12.3 Å². The predicted octanol–water partition coefficient (Wildman–Crippen LogP) is 2.91. The van der Waals surface area contributed by atoms with Gasteiger partial charge in [-0.2, -0.15) is 13.2 Å². The first-order chi connectivity index (χ1) is 13.9. The molecule has 3 N–H and O–H groups in total. The predicted molar refractivity (Wildman–Crippen MR) is 105 cm³/mol. The first-order valence-corrected chi connectivity index (χ1v) is 10.7. The van der Waals surface area contributed by atoms with Crippen LogP contribution in [0.25, 0.3) is 0 Å². The summed E-state index contributed by atoms with van der Waals surface area (Å²) in [6.45, 7) is 2.67. The number of alkyl halides is 3. The van der Waals surface area contributed by atoms with Crippen molar-refractivity contribution in [3.8, 4) is 0 Å². The smallest absolute Gasteiger partial charge is 0.357 e. The average molecular weight is 442 g/mol. The van der Waals surface area contributed by atoms with Crippen molar-refractivity contribution in [1.82, 2.24) is 4.98 Å². The van der Waals surface area contributed by atoms with Crippen molar-refractivity contribution in [3.05, 3.63) is 47.7 Å². The molecule has 162 valence electrons. The van der Waals surface area contributed by atoms with Gasteiger partial charge in [0.05, 0.1) is 10.5 Å². The van der Waals surface area contributed by atoms with E-state index >= 15 is 0 Å². The molecule has 0 unspecified atom stereocenters. The minimum atomic E-state index is -4.44. The molecule has 0 saturated carbocycles. The normalized spacial score (nSPS) is 15.8. The zero-order valence-corrected chi connectivity index (χ0v) is 16.9. The zero-order valence-electron chi connectivity index (χ0n) is 16.1. The summed E-state index contributed by atoms with van der Waals surface area (Å²) in [4.78, 5) is 18.3. The van der Waals surface area contributed by atoms with E-state index in [9.17, 15) is 26.4 Å². The molecule has 1 aromatic carbocycles. The Labute approximate surface area is 172 Å². The molecule has 0 atom stereocenters. The summed E-state index contributed by atoms with van der Waals surface area (Å²) >= 11 is 0. The molecule has 1 saturated heterocycles. The molecule has 1 amide bonds. The highest BCUT2D eigenvalue weighted by molar-refractivity contribution is 7.89. The Kier molecular flexibility index (Phi) is 6.04. The number of carbonyl (C=O) groups is 1. The summed E-state index contributed by atoms with van der Waals surface area (Å²) in [5, 5.41) is 7.89. The van der Waals surface area contributed by atoms with Gasteiger partial charge in [0.1, 0.15) is 5.82 Å². The number of carbonyl (C=O) groups excluding carboxylic acids is 1. The molecule has 1 aliphatic heterocycles. The van der Waals surface area contributed by atoms with E-state index < -0.39 is 21.8 Å². The average Bonchev–Trinajstić information content (AvgIpc) is 2.68. The maximum absolute atomic E-state index is 12.7. The lowest BCUT2D eigenvalue weighted by atomic mass is 9.95. The molecule has 2 heterocycles. The van der Waals surface area contributed by atoms with Crippen LogP contribution in [0.15, 0.2) is 41.4 Å². The van der Waals surface area contributed by atoms with Crippen molar-refractivity contribution in [3.63, 3.8) is 0 Å². The van der Waals surface area contributed by atoms with Crippen LogP contribution in [0.5, 0.6) is 0 Å². The molecule has 3 rings (SSSR count). The first-order valence-electron chi connectivity index (χ1n) is 9.17. The van der Waals surface area contributed by atoms with E-state index in [2.05, 4.69) is 10.3 Å². The second-order valence-corrected chi connectivity index (χ2v) is 8.74. The summed E-state index contributed by atoms with van der Waals surface area (Å²) in [6, 6.07) is 6.57. The standard InChI is InChI=1S/C19H21F3N4O3S/c1-12-2-4-15(30(23,28)29)10-16(12)25-18(27)13-6-8-26(9-7-13)17-5-3-14(11-24-17)19(20,21)22/h2-5,10-11,13H,6-9H2,1H3,(H,25,27)(H2,23,28,29). The minimum absolute atomic E-state index is 0.0911. The Hall–Kier alpha value is -2.66. The lowest BCUT2D eigenvalue weighted by Gasteiger charge is -2.32. The fourth-order valence-electron chi connectivity index (χ4n) is 3.26. The highest BCUT2D eigenvalue weighted by Gasteiger charge is 2.31. The number of piperidine rings is 1. The summed E-state index contributed by atoms with van der Waals surface area (Å²) in [7, 11) is -3.89. The van der Waals surface area contributed by atoms with Crippen molar-refractivity contribution in [2.24, 2.45) is 11.1 Å².